The molecule has 2 aromatic heterocycles. The van der Waals surface area contributed by atoms with Gasteiger partial charge >= 0.3 is 0 Å². The van der Waals surface area contributed by atoms with Gasteiger partial charge in [0.15, 0.2) is 0 Å². The second-order valence-electron chi connectivity index (χ2n) is 6.52. The Morgan fingerprint density at radius 2 is 2.08 bits per heavy atom. The SMILES string of the molecule is NCCCC1CC(n2cc(-c3cnc4ccc(Cl)cc4n3)cn2)C1. The smallest absolute Gasteiger partial charge is 0.0924 e. The van der Waals surface area contributed by atoms with Crippen LogP contribution in [0.2, 0.25) is 5.02 Å². The Hall–Kier alpha value is -1.98. The summed E-state index contributed by atoms with van der Waals surface area (Å²) in [6.45, 7) is 0.789. The highest BCUT2D eigenvalue weighted by atomic mass is 35.5. The first kappa shape index (κ1) is 15.5. The number of fused-ring (bicyclic) bond motifs is 1. The molecular weight excluding hydrogens is 322 g/mol. The van der Waals surface area contributed by atoms with Gasteiger partial charge in [0.25, 0.3) is 0 Å². The Kier molecular flexibility index (Phi) is 4.21. The van der Waals surface area contributed by atoms with E-state index >= 15 is 0 Å². The van der Waals surface area contributed by atoms with Gasteiger partial charge in [0.05, 0.1) is 35.2 Å². The van der Waals surface area contributed by atoms with Crippen LogP contribution < -0.4 is 5.73 Å². The molecule has 0 aliphatic heterocycles. The van der Waals surface area contributed by atoms with Crippen LogP contribution >= 0.6 is 11.6 Å². The third-order valence-electron chi connectivity index (χ3n) is 4.80. The van der Waals surface area contributed by atoms with E-state index in [9.17, 15) is 0 Å². The molecule has 1 saturated carbocycles. The lowest BCUT2D eigenvalue weighted by atomic mass is 9.77. The molecule has 0 radical (unpaired) electrons. The predicted molar refractivity (Wildman–Crippen MR) is 95.8 cm³/mol. The van der Waals surface area contributed by atoms with E-state index in [0.29, 0.717) is 11.1 Å². The van der Waals surface area contributed by atoms with Crippen LogP contribution in [0.5, 0.6) is 0 Å². The number of hydrogen-bond donors (Lipinski definition) is 1. The summed E-state index contributed by atoms with van der Waals surface area (Å²) >= 11 is 6.05. The molecule has 2 N–H and O–H groups in total. The van der Waals surface area contributed by atoms with Crippen molar-refractivity contribution in [3.63, 3.8) is 0 Å². The monoisotopic (exact) mass is 341 g/mol. The Morgan fingerprint density at radius 3 is 2.92 bits per heavy atom. The van der Waals surface area contributed by atoms with Gasteiger partial charge in [-0.15, -0.1) is 0 Å². The number of rotatable bonds is 5. The second kappa shape index (κ2) is 6.49. The fraction of sp³-hybridized carbons (Fsp3) is 0.389. The van der Waals surface area contributed by atoms with Gasteiger partial charge in [0.1, 0.15) is 0 Å². The summed E-state index contributed by atoms with van der Waals surface area (Å²) in [5.74, 6) is 0.800. The summed E-state index contributed by atoms with van der Waals surface area (Å²) in [7, 11) is 0. The number of halogens is 1. The van der Waals surface area contributed by atoms with Crippen molar-refractivity contribution < 1.29 is 0 Å². The highest BCUT2D eigenvalue weighted by molar-refractivity contribution is 6.31. The molecule has 5 nitrogen and oxygen atoms in total. The van der Waals surface area contributed by atoms with Crippen LogP contribution in [0.3, 0.4) is 0 Å². The molecule has 0 amide bonds. The molecule has 1 aliphatic rings. The summed E-state index contributed by atoms with van der Waals surface area (Å²) in [5, 5.41) is 5.19. The van der Waals surface area contributed by atoms with Gasteiger partial charge in [-0.3, -0.25) is 9.67 Å². The third kappa shape index (κ3) is 3.01. The van der Waals surface area contributed by atoms with Crippen LogP contribution in [0, 0.1) is 5.92 Å². The molecule has 3 aromatic rings. The van der Waals surface area contributed by atoms with E-state index in [4.69, 9.17) is 17.3 Å². The lowest BCUT2D eigenvalue weighted by Crippen LogP contribution is -2.27. The van der Waals surface area contributed by atoms with Gasteiger partial charge in [-0.25, -0.2) is 4.98 Å². The second-order valence-corrected chi connectivity index (χ2v) is 6.96. The normalized spacial score (nSPS) is 20.2. The molecule has 4 rings (SSSR count). The third-order valence-corrected chi connectivity index (χ3v) is 5.04. The van der Waals surface area contributed by atoms with Crippen LogP contribution in [0.25, 0.3) is 22.3 Å². The largest absolute Gasteiger partial charge is 0.330 e. The Bertz CT molecular complexity index is 853. The van der Waals surface area contributed by atoms with E-state index in [1.807, 2.05) is 24.4 Å². The molecule has 1 fully saturated rings. The molecular formula is C18H20ClN5. The molecule has 0 bridgehead atoms. The average Bonchev–Trinajstić information content (AvgIpc) is 3.02. The molecule has 6 heteroatoms. The van der Waals surface area contributed by atoms with Crippen molar-refractivity contribution in [2.45, 2.75) is 31.7 Å². The molecule has 1 aromatic carbocycles. The van der Waals surface area contributed by atoms with E-state index in [0.717, 1.165) is 41.2 Å². The maximum absolute atomic E-state index is 6.05. The van der Waals surface area contributed by atoms with Crippen LogP contribution in [0.1, 0.15) is 31.7 Å². The van der Waals surface area contributed by atoms with Gasteiger partial charge in [-0.05, 0) is 56.3 Å². The lowest BCUT2D eigenvalue weighted by Gasteiger charge is -2.35. The molecule has 0 unspecified atom stereocenters. The van der Waals surface area contributed by atoms with E-state index < -0.39 is 0 Å². The predicted octanol–water partition coefficient (Wildman–Crippen LogP) is 3.84. The summed E-state index contributed by atoms with van der Waals surface area (Å²) in [6.07, 6.45) is 10.5. The van der Waals surface area contributed by atoms with Gasteiger partial charge in [0.2, 0.25) is 0 Å². The van der Waals surface area contributed by atoms with Gasteiger partial charge in [0, 0.05) is 16.8 Å². The highest BCUT2D eigenvalue weighted by Gasteiger charge is 2.30. The molecule has 24 heavy (non-hydrogen) atoms. The first-order valence-corrected chi connectivity index (χ1v) is 8.77. The lowest BCUT2D eigenvalue weighted by molar-refractivity contribution is 0.171. The highest BCUT2D eigenvalue weighted by Crippen LogP contribution is 2.40. The van der Waals surface area contributed by atoms with Gasteiger partial charge in [-0.2, -0.15) is 5.10 Å². The minimum absolute atomic E-state index is 0.504. The first-order chi connectivity index (χ1) is 11.7. The van der Waals surface area contributed by atoms with Crippen LogP contribution in [0.4, 0.5) is 0 Å². The van der Waals surface area contributed by atoms with Crippen molar-refractivity contribution in [2.24, 2.45) is 11.7 Å². The zero-order chi connectivity index (χ0) is 16.5. The minimum Gasteiger partial charge on any atom is -0.330 e. The molecule has 124 valence electrons. The van der Waals surface area contributed by atoms with Crippen molar-refractivity contribution in [3.05, 3.63) is 41.8 Å². The maximum Gasteiger partial charge on any atom is 0.0924 e. The summed E-state index contributed by atoms with van der Waals surface area (Å²) < 4.78 is 2.07. The van der Waals surface area contributed by atoms with E-state index in [1.54, 1.807) is 6.20 Å². The van der Waals surface area contributed by atoms with E-state index in [-0.39, 0.29) is 0 Å². The number of hydrogen-bond acceptors (Lipinski definition) is 4. The van der Waals surface area contributed by atoms with Crippen molar-refractivity contribution >= 4 is 22.6 Å². The van der Waals surface area contributed by atoms with Crippen molar-refractivity contribution in [3.8, 4) is 11.3 Å². The minimum atomic E-state index is 0.504. The zero-order valence-corrected chi connectivity index (χ0v) is 14.2. The topological polar surface area (TPSA) is 69.6 Å². The zero-order valence-electron chi connectivity index (χ0n) is 13.4. The Balaban J connectivity index is 1.51. The molecule has 0 spiro atoms. The summed E-state index contributed by atoms with van der Waals surface area (Å²) in [6, 6.07) is 6.05. The van der Waals surface area contributed by atoms with Crippen LogP contribution in [-0.2, 0) is 0 Å². The fourth-order valence-corrected chi connectivity index (χ4v) is 3.52. The van der Waals surface area contributed by atoms with Gasteiger partial charge < -0.3 is 5.73 Å². The van der Waals surface area contributed by atoms with Crippen molar-refractivity contribution in [1.29, 1.82) is 0 Å². The number of nitrogens with two attached hydrogens (primary N) is 1. The molecule has 1 aliphatic carbocycles. The standard InChI is InChI=1S/C18H20ClN5/c19-14-3-4-16-17(8-14)23-18(10-21-16)13-9-22-24(11-13)15-6-12(7-15)2-1-5-20/h3-4,8-12,15H,1-2,5-7,20H2. The van der Waals surface area contributed by atoms with E-state index in [2.05, 4.69) is 25.9 Å². The number of benzene rings is 1. The number of aromatic nitrogens is 4. The molecule has 0 saturated heterocycles. The number of nitrogens with zero attached hydrogens (tertiary/aromatic N) is 4. The molecule has 0 atom stereocenters. The van der Waals surface area contributed by atoms with Crippen molar-refractivity contribution in [2.75, 3.05) is 6.54 Å². The fourth-order valence-electron chi connectivity index (χ4n) is 3.35. The Morgan fingerprint density at radius 1 is 1.21 bits per heavy atom. The maximum atomic E-state index is 6.05. The summed E-state index contributed by atoms with van der Waals surface area (Å²) in [4.78, 5) is 9.13. The average molecular weight is 342 g/mol. The quantitative estimate of drug-likeness (QED) is 0.765. The Labute approximate surface area is 145 Å². The molecule has 2 heterocycles. The van der Waals surface area contributed by atoms with Crippen LogP contribution in [-0.4, -0.2) is 26.3 Å². The summed E-state index contributed by atoms with van der Waals surface area (Å²) in [5.41, 5.74) is 9.05. The van der Waals surface area contributed by atoms with Crippen molar-refractivity contribution in [1.82, 2.24) is 19.7 Å². The van der Waals surface area contributed by atoms with E-state index in [1.165, 1.54) is 19.3 Å². The van der Waals surface area contributed by atoms with Crippen LogP contribution in [0.15, 0.2) is 36.8 Å². The first-order valence-electron chi connectivity index (χ1n) is 8.40. The van der Waals surface area contributed by atoms with Gasteiger partial charge in [-0.1, -0.05) is 11.6 Å².